The highest BCUT2D eigenvalue weighted by atomic mass is 16.4. The van der Waals surface area contributed by atoms with E-state index in [4.69, 9.17) is 15.2 Å². The van der Waals surface area contributed by atoms with Gasteiger partial charge < -0.3 is 14.2 Å². The van der Waals surface area contributed by atoms with Crippen LogP contribution in [-0.2, 0) is 18.4 Å². The Labute approximate surface area is 380 Å². The van der Waals surface area contributed by atoms with Crippen LogP contribution in [0.3, 0.4) is 0 Å². The van der Waals surface area contributed by atoms with Crippen LogP contribution in [0.15, 0.2) is 155 Å². The van der Waals surface area contributed by atoms with Gasteiger partial charge in [-0.05, 0) is 68.4 Å². The summed E-state index contributed by atoms with van der Waals surface area (Å²) in [7, 11) is 1.79. The van der Waals surface area contributed by atoms with Crippen molar-refractivity contribution in [3.05, 3.63) is 189 Å². The van der Waals surface area contributed by atoms with Gasteiger partial charge in [0.1, 0.15) is 17.6 Å². The standard InChI is InChI=1S/C51H40N10O6/c1-4-57(47(64)43-41-36-19-11-13-21-38(36)56(3)45(41)49(66)60(54-43)34-17-9-6-10-18-34)51-52-28-27-32(53-51)29-59-39-22-14-12-20-37(39)42-44(48(65)58(30-40(62)63)33-15-7-5-8-16-33)55-61(50(67)46(42)59)35-25-23-31(2)24-26-35/h5-28H,4,29-30H2,1-3H3,(H,62,63). The van der Waals surface area contributed by atoms with E-state index in [9.17, 15) is 24.3 Å². The van der Waals surface area contributed by atoms with Crippen LogP contribution < -0.4 is 20.9 Å². The van der Waals surface area contributed by atoms with E-state index in [1.54, 1.807) is 108 Å². The fraction of sp³-hybridized carbons (Fsp3) is 0.118. The Balaban J connectivity index is 1.13. The lowest BCUT2D eigenvalue weighted by Gasteiger charge is -2.21. The molecule has 0 aliphatic rings. The summed E-state index contributed by atoms with van der Waals surface area (Å²) in [6.07, 6.45) is 1.53. The first-order chi connectivity index (χ1) is 32.5. The Morgan fingerprint density at radius 1 is 0.627 bits per heavy atom. The van der Waals surface area contributed by atoms with Crippen LogP contribution in [0, 0.1) is 6.92 Å². The van der Waals surface area contributed by atoms with E-state index in [1.807, 2.05) is 61.5 Å². The van der Waals surface area contributed by atoms with Crippen molar-refractivity contribution in [2.24, 2.45) is 7.05 Å². The smallest absolute Gasteiger partial charge is 0.323 e. The van der Waals surface area contributed by atoms with Gasteiger partial charge in [0, 0.05) is 58.1 Å². The number of carboxylic acids is 1. The number of amides is 2. The number of rotatable bonds is 11. The second kappa shape index (κ2) is 16.8. The van der Waals surface area contributed by atoms with Crippen LogP contribution in [0.1, 0.15) is 39.2 Å². The van der Waals surface area contributed by atoms with Crippen LogP contribution in [0.4, 0.5) is 11.6 Å². The van der Waals surface area contributed by atoms with Gasteiger partial charge in [0.05, 0.1) is 23.6 Å². The summed E-state index contributed by atoms with van der Waals surface area (Å²) in [6, 6.07) is 40.8. The van der Waals surface area contributed by atoms with Crippen LogP contribution in [0.5, 0.6) is 0 Å². The van der Waals surface area contributed by atoms with Gasteiger partial charge in [-0.15, -0.1) is 0 Å². The summed E-state index contributed by atoms with van der Waals surface area (Å²) >= 11 is 0. The molecule has 0 radical (unpaired) electrons. The summed E-state index contributed by atoms with van der Waals surface area (Å²) in [5.74, 6) is -2.45. The largest absolute Gasteiger partial charge is 0.480 e. The Morgan fingerprint density at radius 2 is 1.16 bits per heavy atom. The highest BCUT2D eigenvalue weighted by Gasteiger charge is 2.31. The summed E-state index contributed by atoms with van der Waals surface area (Å²) < 4.78 is 5.92. The lowest BCUT2D eigenvalue weighted by atomic mass is 10.1. The van der Waals surface area contributed by atoms with Crippen molar-refractivity contribution in [3.63, 3.8) is 0 Å². The number of fused-ring (bicyclic) bond motifs is 6. The Bertz CT molecular complexity index is 3730. The molecule has 0 aliphatic heterocycles. The number of hydrogen-bond donors (Lipinski definition) is 1. The van der Waals surface area contributed by atoms with Gasteiger partial charge in [0.2, 0.25) is 5.95 Å². The number of carbonyl (C=O) groups excluding carboxylic acids is 2. The maximum Gasteiger partial charge on any atom is 0.323 e. The molecule has 1 N–H and O–H groups in total. The van der Waals surface area contributed by atoms with Crippen LogP contribution >= 0.6 is 0 Å². The van der Waals surface area contributed by atoms with E-state index < -0.39 is 29.9 Å². The Hall–Kier alpha value is -9.05. The zero-order valence-corrected chi connectivity index (χ0v) is 36.4. The number of anilines is 2. The minimum atomic E-state index is -1.24. The molecule has 16 heteroatoms. The third-order valence-electron chi connectivity index (χ3n) is 11.9. The van der Waals surface area contributed by atoms with Gasteiger partial charge in [0.15, 0.2) is 11.4 Å². The highest BCUT2D eigenvalue weighted by molar-refractivity contribution is 6.21. The lowest BCUT2D eigenvalue weighted by Crippen LogP contribution is -2.38. The van der Waals surface area contributed by atoms with Crippen molar-refractivity contribution in [2.45, 2.75) is 20.4 Å². The van der Waals surface area contributed by atoms with E-state index >= 15 is 4.79 Å². The summed E-state index contributed by atoms with van der Waals surface area (Å²) in [6.45, 7) is 3.14. The van der Waals surface area contributed by atoms with E-state index in [2.05, 4.69) is 4.98 Å². The van der Waals surface area contributed by atoms with E-state index in [0.717, 1.165) is 20.7 Å². The van der Waals surface area contributed by atoms with E-state index in [0.29, 0.717) is 49.9 Å². The molecule has 5 aromatic heterocycles. The number of hydrogen-bond acceptors (Lipinski definition) is 9. The molecule has 0 aliphatic carbocycles. The quantitative estimate of drug-likeness (QED) is 0.141. The second-order valence-corrected chi connectivity index (χ2v) is 15.9. The number of nitrogens with zero attached hydrogens (tertiary/aromatic N) is 10. The zero-order valence-electron chi connectivity index (χ0n) is 36.4. The summed E-state index contributed by atoms with van der Waals surface area (Å²) in [4.78, 5) is 83.2. The molecule has 0 spiro atoms. The minimum Gasteiger partial charge on any atom is -0.480 e. The number of carbonyl (C=O) groups is 3. The molecule has 5 aromatic carbocycles. The molecule has 5 heterocycles. The van der Waals surface area contributed by atoms with Gasteiger partial charge in [-0.3, -0.25) is 33.8 Å². The van der Waals surface area contributed by atoms with E-state index in [-0.39, 0.29) is 46.9 Å². The highest BCUT2D eigenvalue weighted by Crippen LogP contribution is 2.33. The van der Waals surface area contributed by atoms with Gasteiger partial charge in [-0.25, -0.2) is 9.97 Å². The van der Waals surface area contributed by atoms with Crippen LogP contribution in [0.2, 0.25) is 0 Å². The SMILES string of the molecule is CCN(C(=O)c1nn(-c2ccccc2)c(=O)c2c1c1ccccc1n2C)c1nccc(Cn2c3ccccc3c3c(C(=O)N(CC(=O)O)c4ccccc4)nn(-c4ccc(C)cc4)c(=O)c32)n1. The fourth-order valence-electron chi connectivity index (χ4n) is 8.73. The van der Waals surface area contributed by atoms with Crippen molar-refractivity contribution in [1.29, 1.82) is 0 Å². The van der Waals surface area contributed by atoms with Gasteiger partial charge in [-0.2, -0.15) is 19.6 Å². The average molecular weight is 889 g/mol. The second-order valence-electron chi connectivity index (χ2n) is 15.9. The predicted octanol–water partition coefficient (Wildman–Crippen LogP) is 7.08. The predicted molar refractivity (Wildman–Crippen MR) is 256 cm³/mol. The molecule has 0 atom stereocenters. The molecule has 10 rings (SSSR count). The molecule has 0 unspecified atom stereocenters. The fourth-order valence-corrected chi connectivity index (χ4v) is 8.73. The monoisotopic (exact) mass is 888 g/mol. The van der Waals surface area contributed by atoms with Crippen molar-refractivity contribution < 1.29 is 19.5 Å². The molecule has 16 nitrogen and oxygen atoms in total. The number of benzene rings is 5. The molecule has 0 fully saturated rings. The van der Waals surface area contributed by atoms with E-state index in [1.165, 1.54) is 15.8 Å². The molecular formula is C51H40N10O6. The Kier molecular flexibility index (Phi) is 10.5. The summed E-state index contributed by atoms with van der Waals surface area (Å²) in [5.41, 5.74) is 3.29. The first-order valence-corrected chi connectivity index (χ1v) is 21.4. The minimum absolute atomic E-state index is 0.0196. The van der Waals surface area contributed by atoms with Crippen molar-refractivity contribution in [2.75, 3.05) is 22.9 Å². The van der Waals surface area contributed by atoms with Crippen LogP contribution in [0.25, 0.3) is 55.0 Å². The van der Waals surface area contributed by atoms with Gasteiger partial charge in [-0.1, -0.05) is 90.5 Å². The van der Waals surface area contributed by atoms with Gasteiger partial charge >= 0.3 is 5.97 Å². The van der Waals surface area contributed by atoms with Crippen molar-refractivity contribution in [1.82, 2.24) is 38.7 Å². The maximum absolute atomic E-state index is 15.0. The number of aryl methyl sites for hydroxylation is 2. The number of aromatic nitrogens is 8. The maximum atomic E-state index is 15.0. The van der Waals surface area contributed by atoms with Crippen LogP contribution in [-0.4, -0.2) is 74.6 Å². The molecule has 2 amide bonds. The first kappa shape index (κ1) is 41.9. The molecule has 330 valence electrons. The lowest BCUT2D eigenvalue weighted by molar-refractivity contribution is -0.135. The first-order valence-electron chi connectivity index (χ1n) is 21.4. The van der Waals surface area contributed by atoms with Crippen molar-refractivity contribution in [3.8, 4) is 11.4 Å². The third-order valence-corrected chi connectivity index (χ3v) is 11.9. The normalized spacial score (nSPS) is 11.4. The molecule has 0 saturated carbocycles. The molecule has 0 saturated heterocycles. The molecule has 10 aromatic rings. The average Bonchev–Trinajstić information content (AvgIpc) is 3.84. The zero-order chi connectivity index (χ0) is 46.5. The summed E-state index contributed by atoms with van der Waals surface area (Å²) in [5, 5.41) is 21.3. The Morgan fingerprint density at radius 3 is 1.81 bits per heavy atom. The number of aliphatic carboxylic acids is 1. The third kappa shape index (κ3) is 7.16. The topological polar surface area (TPSA) is 183 Å². The number of carboxylic acid groups (broad SMARTS) is 1. The van der Waals surface area contributed by atoms with Crippen molar-refractivity contribution >= 4 is 73.0 Å². The molecular weight excluding hydrogens is 849 g/mol. The molecule has 67 heavy (non-hydrogen) atoms. The number of para-hydroxylation sites is 4. The molecule has 0 bridgehead atoms. The van der Waals surface area contributed by atoms with Gasteiger partial charge in [0.25, 0.3) is 22.9 Å².